The molecule has 21 heavy (non-hydrogen) atoms. The zero-order chi connectivity index (χ0) is 14.8. The minimum atomic E-state index is 0.101. The molecule has 0 aliphatic carbocycles. The normalized spacial score (nSPS) is 18.8. The van der Waals surface area contributed by atoms with Crippen LogP contribution in [0.3, 0.4) is 0 Å². The lowest BCUT2D eigenvalue weighted by atomic mass is 9.94. The highest BCUT2D eigenvalue weighted by molar-refractivity contribution is 14.1. The van der Waals surface area contributed by atoms with E-state index < -0.39 is 0 Å². The standard InChI is InChI=1S/C15H15BrIN3O/c16-13-4-3-11(17)8-12(13)15(21)20-7-1-2-10(9-20)14-5-6-18-19-14/h3-6,8,10H,1-2,7,9H2,(H,18,19). The Hall–Kier alpha value is -0.890. The van der Waals surface area contributed by atoms with Crippen LogP contribution in [-0.2, 0) is 0 Å². The van der Waals surface area contributed by atoms with Crippen molar-refractivity contribution in [1.29, 1.82) is 0 Å². The molecule has 1 aliphatic rings. The second-order valence-corrected chi connectivity index (χ2v) is 7.33. The van der Waals surface area contributed by atoms with E-state index in [-0.39, 0.29) is 5.91 Å². The van der Waals surface area contributed by atoms with E-state index in [1.54, 1.807) is 6.20 Å². The van der Waals surface area contributed by atoms with Gasteiger partial charge in [-0.15, -0.1) is 0 Å². The van der Waals surface area contributed by atoms with Gasteiger partial charge in [0.25, 0.3) is 5.91 Å². The Labute approximate surface area is 145 Å². The number of likely N-dealkylation sites (tertiary alicyclic amines) is 1. The molecule has 1 atom stereocenters. The van der Waals surface area contributed by atoms with Crippen LogP contribution in [0.1, 0.15) is 34.8 Å². The lowest BCUT2D eigenvalue weighted by molar-refractivity contribution is 0.0705. The number of aromatic nitrogens is 2. The molecule has 1 aromatic heterocycles. The summed E-state index contributed by atoms with van der Waals surface area (Å²) in [5.74, 6) is 0.455. The van der Waals surface area contributed by atoms with Crippen LogP contribution >= 0.6 is 38.5 Å². The number of nitrogens with zero attached hydrogens (tertiary/aromatic N) is 2. The van der Waals surface area contributed by atoms with Crippen LogP contribution in [0, 0.1) is 3.57 Å². The van der Waals surface area contributed by atoms with Crippen molar-refractivity contribution < 1.29 is 4.79 Å². The van der Waals surface area contributed by atoms with Crippen molar-refractivity contribution in [3.05, 3.63) is 49.8 Å². The smallest absolute Gasteiger partial charge is 0.255 e. The number of hydrogen-bond donors (Lipinski definition) is 1. The molecule has 1 N–H and O–H groups in total. The third kappa shape index (κ3) is 3.31. The first-order valence-corrected chi connectivity index (χ1v) is 8.76. The molecule has 0 spiro atoms. The number of aromatic amines is 1. The average molecular weight is 460 g/mol. The first kappa shape index (κ1) is 15.0. The molecule has 0 bridgehead atoms. The molecule has 1 amide bonds. The molecule has 1 fully saturated rings. The summed E-state index contributed by atoms with van der Waals surface area (Å²) in [5.41, 5.74) is 1.86. The number of benzene rings is 1. The summed E-state index contributed by atoms with van der Waals surface area (Å²) >= 11 is 5.72. The molecule has 1 aromatic carbocycles. The fourth-order valence-corrected chi connectivity index (χ4v) is 3.65. The molecule has 0 radical (unpaired) electrons. The Kier molecular flexibility index (Phi) is 4.63. The minimum Gasteiger partial charge on any atom is -0.338 e. The molecule has 1 unspecified atom stereocenters. The molecule has 1 saturated heterocycles. The van der Waals surface area contributed by atoms with Gasteiger partial charge in [0.1, 0.15) is 0 Å². The topological polar surface area (TPSA) is 49.0 Å². The summed E-state index contributed by atoms with van der Waals surface area (Å²) < 4.78 is 1.93. The van der Waals surface area contributed by atoms with Gasteiger partial charge in [0.15, 0.2) is 0 Å². The third-order valence-electron chi connectivity index (χ3n) is 3.83. The SMILES string of the molecule is O=C(c1cc(I)ccc1Br)N1CCCC(c2ccn[nH]2)C1. The highest BCUT2D eigenvalue weighted by Gasteiger charge is 2.27. The number of halogens is 2. The molecule has 0 saturated carbocycles. The summed E-state index contributed by atoms with van der Waals surface area (Å²) in [6.45, 7) is 1.57. The van der Waals surface area contributed by atoms with Crippen LogP contribution in [-0.4, -0.2) is 34.1 Å². The largest absolute Gasteiger partial charge is 0.338 e. The second kappa shape index (κ2) is 6.48. The maximum atomic E-state index is 12.8. The van der Waals surface area contributed by atoms with Crippen molar-refractivity contribution >= 4 is 44.4 Å². The number of rotatable bonds is 2. The number of H-pyrrole nitrogens is 1. The number of piperidine rings is 1. The predicted molar refractivity (Wildman–Crippen MR) is 93.3 cm³/mol. The lowest BCUT2D eigenvalue weighted by Crippen LogP contribution is -2.39. The van der Waals surface area contributed by atoms with Gasteiger partial charge in [-0.3, -0.25) is 9.89 Å². The van der Waals surface area contributed by atoms with E-state index in [2.05, 4.69) is 48.7 Å². The number of nitrogens with one attached hydrogen (secondary N) is 1. The van der Waals surface area contributed by atoms with Gasteiger partial charge < -0.3 is 4.90 Å². The first-order valence-electron chi connectivity index (χ1n) is 6.89. The molecule has 110 valence electrons. The first-order chi connectivity index (χ1) is 10.1. The van der Waals surface area contributed by atoms with Crippen LogP contribution in [0.2, 0.25) is 0 Å². The van der Waals surface area contributed by atoms with E-state index in [4.69, 9.17) is 0 Å². The van der Waals surface area contributed by atoms with Crippen LogP contribution < -0.4 is 0 Å². The molecule has 2 aromatic rings. The Morgan fingerprint density at radius 2 is 2.29 bits per heavy atom. The molecule has 1 aliphatic heterocycles. The van der Waals surface area contributed by atoms with Crippen LogP contribution in [0.4, 0.5) is 0 Å². The molecule has 4 nitrogen and oxygen atoms in total. The number of hydrogen-bond acceptors (Lipinski definition) is 2. The fraction of sp³-hybridized carbons (Fsp3) is 0.333. The number of amides is 1. The maximum absolute atomic E-state index is 12.8. The third-order valence-corrected chi connectivity index (χ3v) is 5.19. The average Bonchev–Trinajstić information content (AvgIpc) is 3.03. The molecular weight excluding hydrogens is 445 g/mol. The van der Waals surface area contributed by atoms with Crippen molar-refractivity contribution in [2.24, 2.45) is 0 Å². The second-order valence-electron chi connectivity index (χ2n) is 5.23. The van der Waals surface area contributed by atoms with Crippen molar-refractivity contribution in [3.8, 4) is 0 Å². The summed E-state index contributed by atoms with van der Waals surface area (Å²) in [6.07, 6.45) is 3.89. The van der Waals surface area contributed by atoms with Gasteiger partial charge in [-0.1, -0.05) is 0 Å². The minimum absolute atomic E-state index is 0.101. The van der Waals surface area contributed by atoms with Crippen molar-refractivity contribution in [2.45, 2.75) is 18.8 Å². The fourth-order valence-electron chi connectivity index (χ4n) is 2.74. The zero-order valence-corrected chi connectivity index (χ0v) is 15.1. The van der Waals surface area contributed by atoms with Gasteiger partial charge in [-0.05, 0) is 75.6 Å². The van der Waals surface area contributed by atoms with Crippen LogP contribution in [0.5, 0.6) is 0 Å². The van der Waals surface area contributed by atoms with E-state index in [0.717, 1.165) is 45.2 Å². The molecule has 3 rings (SSSR count). The van der Waals surface area contributed by atoms with E-state index in [0.29, 0.717) is 5.92 Å². The molecule has 6 heteroatoms. The number of carbonyl (C=O) groups is 1. The van der Waals surface area contributed by atoms with Gasteiger partial charge in [-0.25, -0.2) is 0 Å². The van der Waals surface area contributed by atoms with E-state index >= 15 is 0 Å². The Balaban J connectivity index is 1.79. The lowest BCUT2D eigenvalue weighted by Gasteiger charge is -2.32. The Bertz CT molecular complexity index is 644. The van der Waals surface area contributed by atoms with Gasteiger partial charge in [0.2, 0.25) is 0 Å². The zero-order valence-electron chi connectivity index (χ0n) is 11.4. The highest BCUT2D eigenvalue weighted by Crippen LogP contribution is 2.28. The summed E-state index contributed by atoms with van der Waals surface area (Å²) in [4.78, 5) is 14.7. The van der Waals surface area contributed by atoms with E-state index in [9.17, 15) is 4.79 Å². The van der Waals surface area contributed by atoms with Gasteiger partial charge in [-0.2, -0.15) is 5.10 Å². The highest BCUT2D eigenvalue weighted by atomic mass is 127. The number of carbonyl (C=O) groups excluding carboxylic acids is 1. The molecular formula is C15H15BrIN3O. The van der Waals surface area contributed by atoms with Crippen molar-refractivity contribution in [3.63, 3.8) is 0 Å². The van der Waals surface area contributed by atoms with Crippen LogP contribution in [0.25, 0.3) is 0 Å². The van der Waals surface area contributed by atoms with Gasteiger partial charge in [0.05, 0.1) is 5.56 Å². The summed E-state index contributed by atoms with van der Waals surface area (Å²) in [6, 6.07) is 7.86. The van der Waals surface area contributed by atoms with Crippen molar-refractivity contribution in [1.82, 2.24) is 15.1 Å². The van der Waals surface area contributed by atoms with Crippen molar-refractivity contribution in [2.75, 3.05) is 13.1 Å². The Morgan fingerprint density at radius 1 is 1.43 bits per heavy atom. The van der Waals surface area contributed by atoms with E-state index in [1.165, 1.54) is 0 Å². The van der Waals surface area contributed by atoms with Crippen LogP contribution in [0.15, 0.2) is 34.9 Å². The monoisotopic (exact) mass is 459 g/mol. The van der Waals surface area contributed by atoms with E-state index in [1.807, 2.05) is 29.2 Å². The molecule has 2 heterocycles. The quantitative estimate of drug-likeness (QED) is 0.694. The predicted octanol–water partition coefficient (Wildman–Crippen LogP) is 3.80. The maximum Gasteiger partial charge on any atom is 0.255 e. The van der Waals surface area contributed by atoms with Gasteiger partial charge >= 0.3 is 0 Å². The summed E-state index contributed by atoms with van der Waals surface area (Å²) in [7, 11) is 0. The van der Waals surface area contributed by atoms with Gasteiger partial charge in [0, 0.05) is 38.9 Å². The Morgan fingerprint density at radius 3 is 3.05 bits per heavy atom. The summed E-state index contributed by atoms with van der Waals surface area (Å²) in [5, 5.41) is 7.04.